The van der Waals surface area contributed by atoms with E-state index in [1.165, 1.54) is 0 Å². The monoisotopic (exact) mass is 316 g/mol. The number of pyridine rings is 1. The number of anilines is 2. The Labute approximate surface area is 139 Å². The van der Waals surface area contributed by atoms with E-state index >= 15 is 0 Å². The maximum atomic E-state index is 5.48. The lowest BCUT2D eigenvalue weighted by molar-refractivity contribution is 0.416. The fourth-order valence-electron chi connectivity index (χ4n) is 2.69. The van der Waals surface area contributed by atoms with Crippen molar-refractivity contribution < 1.29 is 4.74 Å². The molecule has 0 saturated heterocycles. The zero-order valence-corrected chi connectivity index (χ0v) is 13.2. The maximum Gasteiger partial charge on any atom is 0.247 e. The third-order valence-corrected chi connectivity index (χ3v) is 3.79. The van der Waals surface area contributed by atoms with Gasteiger partial charge < -0.3 is 10.1 Å². The van der Waals surface area contributed by atoms with Crippen LogP contribution in [0, 0.1) is 0 Å². The van der Waals surface area contributed by atoms with Crippen molar-refractivity contribution in [2.24, 2.45) is 0 Å². The minimum absolute atomic E-state index is 0.559. The summed E-state index contributed by atoms with van der Waals surface area (Å²) in [6, 6.07) is 21.8. The van der Waals surface area contributed by atoms with Crippen LogP contribution in [0.3, 0.4) is 0 Å². The average molecular weight is 316 g/mol. The van der Waals surface area contributed by atoms with E-state index in [1.807, 2.05) is 72.9 Å². The number of para-hydroxylation sites is 2. The zero-order chi connectivity index (χ0) is 16.4. The molecule has 4 rings (SSSR count). The molecule has 5 heteroatoms. The number of methoxy groups -OCH3 is 1. The number of hydrogen-bond acceptors (Lipinski definition) is 4. The first-order chi connectivity index (χ1) is 11.8. The van der Waals surface area contributed by atoms with E-state index in [0.717, 1.165) is 28.2 Å². The molecule has 1 N–H and O–H groups in total. The van der Waals surface area contributed by atoms with Crippen LogP contribution in [0.2, 0.25) is 0 Å². The molecular formula is C19H16N4O. The Hall–Kier alpha value is -3.34. The molecule has 0 saturated carbocycles. The second-order valence-electron chi connectivity index (χ2n) is 5.32. The number of rotatable bonds is 4. The number of benzene rings is 2. The van der Waals surface area contributed by atoms with Crippen LogP contribution in [0.5, 0.6) is 5.75 Å². The van der Waals surface area contributed by atoms with E-state index in [4.69, 9.17) is 4.74 Å². The Kier molecular flexibility index (Phi) is 3.59. The van der Waals surface area contributed by atoms with Gasteiger partial charge in [0, 0.05) is 23.0 Å². The van der Waals surface area contributed by atoms with Gasteiger partial charge in [-0.2, -0.15) is 4.98 Å². The molecule has 0 spiro atoms. The van der Waals surface area contributed by atoms with Crippen LogP contribution in [-0.2, 0) is 0 Å². The highest BCUT2D eigenvalue weighted by Gasteiger charge is 2.12. The Morgan fingerprint density at radius 1 is 0.875 bits per heavy atom. The molecule has 0 bridgehead atoms. The topological polar surface area (TPSA) is 51.5 Å². The molecule has 0 atom stereocenters. The first-order valence-electron chi connectivity index (χ1n) is 7.66. The predicted octanol–water partition coefficient (Wildman–Crippen LogP) is 4.15. The normalized spacial score (nSPS) is 10.7. The molecular weight excluding hydrogens is 300 g/mol. The number of aromatic nitrogens is 3. The van der Waals surface area contributed by atoms with Gasteiger partial charge in [0.1, 0.15) is 5.75 Å². The zero-order valence-electron chi connectivity index (χ0n) is 13.2. The summed E-state index contributed by atoms with van der Waals surface area (Å²) in [6.45, 7) is 0. The predicted molar refractivity (Wildman–Crippen MR) is 94.7 cm³/mol. The van der Waals surface area contributed by atoms with Crippen LogP contribution >= 0.6 is 0 Å². The van der Waals surface area contributed by atoms with Crippen molar-refractivity contribution in [3.8, 4) is 16.9 Å². The van der Waals surface area contributed by atoms with Gasteiger partial charge in [-0.1, -0.05) is 36.4 Å². The van der Waals surface area contributed by atoms with Crippen molar-refractivity contribution in [3.63, 3.8) is 0 Å². The lowest BCUT2D eigenvalue weighted by Crippen LogP contribution is -1.93. The minimum Gasteiger partial charge on any atom is -0.496 e. The number of ether oxygens (including phenoxy) is 1. The number of nitrogens with zero attached hydrogens (tertiary/aromatic N) is 3. The van der Waals surface area contributed by atoms with E-state index < -0.39 is 0 Å². The fourth-order valence-corrected chi connectivity index (χ4v) is 2.69. The summed E-state index contributed by atoms with van der Waals surface area (Å²) >= 11 is 0. The summed E-state index contributed by atoms with van der Waals surface area (Å²) in [5, 5.41) is 7.73. The van der Waals surface area contributed by atoms with Gasteiger partial charge >= 0.3 is 0 Å². The molecule has 24 heavy (non-hydrogen) atoms. The molecule has 2 heterocycles. The van der Waals surface area contributed by atoms with E-state index in [2.05, 4.69) is 15.4 Å². The first-order valence-corrected chi connectivity index (χ1v) is 7.66. The van der Waals surface area contributed by atoms with Crippen molar-refractivity contribution in [3.05, 3.63) is 72.9 Å². The van der Waals surface area contributed by atoms with Crippen LogP contribution in [0.4, 0.5) is 11.6 Å². The van der Waals surface area contributed by atoms with Gasteiger partial charge in [0.2, 0.25) is 5.95 Å². The van der Waals surface area contributed by atoms with Crippen molar-refractivity contribution in [1.82, 2.24) is 14.6 Å². The van der Waals surface area contributed by atoms with Gasteiger partial charge in [-0.05, 0) is 30.3 Å². The van der Waals surface area contributed by atoms with Crippen molar-refractivity contribution in [2.45, 2.75) is 0 Å². The van der Waals surface area contributed by atoms with E-state index in [-0.39, 0.29) is 0 Å². The highest BCUT2D eigenvalue weighted by Crippen LogP contribution is 2.32. The summed E-state index contributed by atoms with van der Waals surface area (Å²) in [5.74, 6) is 1.37. The third-order valence-electron chi connectivity index (χ3n) is 3.79. The number of fused-ring (bicyclic) bond motifs is 1. The molecule has 0 aliphatic carbocycles. The van der Waals surface area contributed by atoms with Gasteiger partial charge in [-0.25, -0.2) is 4.52 Å². The molecule has 0 aliphatic rings. The lowest BCUT2D eigenvalue weighted by Gasteiger charge is -2.08. The summed E-state index contributed by atoms with van der Waals surface area (Å²) < 4.78 is 7.25. The Morgan fingerprint density at radius 3 is 2.46 bits per heavy atom. The van der Waals surface area contributed by atoms with Crippen LogP contribution in [0.15, 0.2) is 72.9 Å². The van der Waals surface area contributed by atoms with Crippen LogP contribution in [0.1, 0.15) is 0 Å². The number of nitrogens with one attached hydrogen (secondary N) is 1. The average Bonchev–Trinajstić information content (AvgIpc) is 3.05. The minimum atomic E-state index is 0.559. The van der Waals surface area contributed by atoms with Gasteiger partial charge in [-0.15, -0.1) is 5.10 Å². The summed E-state index contributed by atoms with van der Waals surface area (Å²) in [7, 11) is 1.67. The largest absolute Gasteiger partial charge is 0.496 e. The summed E-state index contributed by atoms with van der Waals surface area (Å²) in [5.41, 5.74) is 3.69. The Balaban J connectivity index is 1.80. The number of hydrogen-bond donors (Lipinski definition) is 1. The van der Waals surface area contributed by atoms with Crippen molar-refractivity contribution in [2.75, 3.05) is 12.4 Å². The fraction of sp³-hybridized carbons (Fsp3) is 0.0526. The van der Waals surface area contributed by atoms with Gasteiger partial charge in [0.25, 0.3) is 0 Å². The molecule has 2 aromatic heterocycles. The quantitative estimate of drug-likeness (QED) is 0.614. The standard InChI is InChI=1S/C19H16N4O/c1-24-17-12-6-5-10-15(17)16-11-7-13-23-18(16)21-19(22-23)20-14-8-3-2-4-9-14/h2-13H,1H3,(H,20,22). The van der Waals surface area contributed by atoms with Crippen molar-refractivity contribution >= 4 is 17.3 Å². The molecule has 118 valence electrons. The van der Waals surface area contributed by atoms with Gasteiger partial charge in [-0.3, -0.25) is 0 Å². The van der Waals surface area contributed by atoms with Gasteiger partial charge in [0.15, 0.2) is 5.65 Å². The summed E-state index contributed by atoms with van der Waals surface area (Å²) in [6.07, 6.45) is 1.89. The first kappa shape index (κ1) is 14.3. The van der Waals surface area contributed by atoms with E-state index in [1.54, 1.807) is 11.6 Å². The highest BCUT2D eigenvalue weighted by molar-refractivity contribution is 5.82. The lowest BCUT2D eigenvalue weighted by atomic mass is 10.1. The molecule has 4 aromatic rings. The molecule has 5 nitrogen and oxygen atoms in total. The van der Waals surface area contributed by atoms with Crippen LogP contribution in [-0.4, -0.2) is 21.7 Å². The van der Waals surface area contributed by atoms with Gasteiger partial charge in [0.05, 0.1) is 7.11 Å². The highest BCUT2D eigenvalue weighted by atomic mass is 16.5. The Morgan fingerprint density at radius 2 is 1.62 bits per heavy atom. The molecule has 2 aromatic carbocycles. The second-order valence-corrected chi connectivity index (χ2v) is 5.32. The van der Waals surface area contributed by atoms with E-state index in [0.29, 0.717) is 5.95 Å². The smallest absolute Gasteiger partial charge is 0.247 e. The molecule has 0 amide bonds. The summed E-state index contributed by atoms with van der Waals surface area (Å²) in [4.78, 5) is 4.64. The van der Waals surface area contributed by atoms with E-state index in [9.17, 15) is 0 Å². The van der Waals surface area contributed by atoms with Crippen molar-refractivity contribution in [1.29, 1.82) is 0 Å². The molecule has 0 fully saturated rings. The molecule has 0 unspecified atom stereocenters. The molecule has 0 radical (unpaired) electrons. The molecule has 0 aliphatic heterocycles. The SMILES string of the molecule is COc1ccccc1-c1cccn2nc(Nc3ccccc3)nc12. The third kappa shape index (κ3) is 2.56. The van der Waals surface area contributed by atoms with Crippen LogP contribution in [0.25, 0.3) is 16.8 Å². The second kappa shape index (κ2) is 6.04. The maximum absolute atomic E-state index is 5.48. The Bertz CT molecular complexity index is 979. The van der Waals surface area contributed by atoms with Crippen LogP contribution < -0.4 is 10.1 Å².